The number of aromatic nitrogens is 2. The molecular weight excluding hydrogens is 352 g/mol. The highest BCUT2D eigenvalue weighted by Gasteiger charge is 2.17. The molecule has 0 unspecified atom stereocenters. The third-order valence-corrected chi connectivity index (χ3v) is 5.21. The molecule has 1 aliphatic heterocycles. The van der Waals surface area contributed by atoms with Gasteiger partial charge in [-0.15, -0.1) is 0 Å². The number of hydrogen-bond acceptors (Lipinski definition) is 5. The second-order valence-corrected chi connectivity index (χ2v) is 7.19. The zero-order valence-corrected chi connectivity index (χ0v) is 16.5. The summed E-state index contributed by atoms with van der Waals surface area (Å²) in [7, 11) is 1.67. The van der Waals surface area contributed by atoms with Crippen molar-refractivity contribution in [3.63, 3.8) is 0 Å². The van der Waals surface area contributed by atoms with E-state index in [1.54, 1.807) is 7.11 Å². The first-order chi connectivity index (χ1) is 13.8. The van der Waals surface area contributed by atoms with Gasteiger partial charge in [-0.3, -0.25) is 4.90 Å². The molecular formula is C22H28N4O2. The molecule has 6 heteroatoms. The Balaban J connectivity index is 1.15. The van der Waals surface area contributed by atoms with Crippen molar-refractivity contribution >= 4 is 5.65 Å². The smallest absolute Gasteiger partial charge is 0.137 e. The molecule has 0 spiro atoms. The number of rotatable bonds is 8. The zero-order chi connectivity index (χ0) is 19.2. The number of ether oxygens (including phenoxy) is 2. The quantitative estimate of drug-likeness (QED) is 0.562. The first-order valence-corrected chi connectivity index (χ1v) is 9.94. The third kappa shape index (κ3) is 4.82. The molecule has 4 rings (SSSR count). The van der Waals surface area contributed by atoms with Crippen LogP contribution >= 0.6 is 0 Å². The molecule has 3 aromatic rings. The highest BCUT2D eigenvalue weighted by atomic mass is 16.5. The molecule has 0 aliphatic carbocycles. The summed E-state index contributed by atoms with van der Waals surface area (Å²) in [5, 5.41) is 0. The van der Waals surface area contributed by atoms with Crippen molar-refractivity contribution in [2.75, 3.05) is 46.4 Å². The van der Waals surface area contributed by atoms with Crippen LogP contribution in [-0.2, 0) is 6.54 Å². The summed E-state index contributed by atoms with van der Waals surface area (Å²) < 4.78 is 13.1. The Hall–Kier alpha value is -2.57. The predicted octanol–water partition coefficient (Wildman–Crippen LogP) is 2.93. The van der Waals surface area contributed by atoms with E-state index in [2.05, 4.69) is 32.7 Å². The lowest BCUT2D eigenvalue weighted by Crippen LogP contribution is -2.46. The topological polar surface area (TPSA) is 42.2 Å². The summed E-state index contributed by atoms with van der Waals surface area (Å²) in [4.78, 5) is 9.73. The Morgan fingerprint density at radius 2 is 1.68 bits per heavy atom. The summed E-state index contributed by atoms with van der Waals surface area (Å²) in [6, 6.07) is 13.9. The maximum atomic E-state index is 5.82. The van der Waals surface area contributed by atoms with Crippen molar-refractivity contribution in [2.24, 2.45) is 0 Å². The number of pyridine rings is 1. The predicted molar refractivity (Wildman–Crippen MR) is 110 cm³/mol. The largest absolute Gasteiger partial charge is 0.497 e. The van der Waals surface area contributed by atoms with Gasteiger partial charge in [0.1, 0.15) is 17.1 Å². The second kappa shape index (κ2) is 9.08. The van der Waals surface area contributed by atoms with Crippen LogP contribution in [0, 0.1) is 0 Å². The molecule has 0 saturated carbocycles. The molecule has 1 aliphatic rings. The van der Waals surface area contributed by atoms with E-state index in [0.717, 1.165) is 75.1 Å². The van der Waals surface area contributed by atoms with Crippen LogP contribution in [0.25, 0.3) is 5.65 Å². The van der Waals surface area contributed by atoms with Crippen molar-refractivity contribution in [3.05, 3.63) is 60.6 Å². The number of methoxy groups -OCH3 is 1. The van der Waals surface area contributed by atoms with Gasteiger partial charge in [0.15, 0.2) is 0 Å². The van der Waals surface area contributed by atoms with Gasteiger partial charge in [0.05, 0.1) is 19.4 Å². The fraction of sp³-hybridized carbons (Fsp3) is 0.409. The van der Waals surface area contributed by atoms with Crippen molar-refractivity contribution in [1.82, 2.24) is 19.2 Å². The second-order valence-electron chi connectivity index (χ2n) is 7.19. The van der Waals surface area contributed by atoms with E-state index >= 15 is 0 Å². The number of benzene rings is 1. The van der Waals surface area contributed by atoms with Crippen LogP contribution in [0.1, 0.15) is 12.1 Å². The van der Waals surface area contributed by atoms with Crippen LogP contribution in [0.15, 0.2) is 54.9 Å². The first-order valence-electron chi connectivity index (χ1n) is 9.94. The molecule has 2 aromatic heterocycles. The highest BCUT2D eigenvalue weighted by molar-refractivity contribution is 5.39. The van der Waals surface area contributed by atoms with Gasteiger partial charge >= 0.3 is 0 Å². The maximum absolute atomic E-state index is 5.82. The summed E-state index contributed by atoms with van der Waals surface area (Å²) in [5.41, 5.74) is 2.17. The highest BCUT2D eigenvalue weighted by Crippen LogP contribution is 2.17. The van der Waals surface area contributed by atoms with Crippen LogP contribution in [0.4, 0.5) is 0 Å². The van der Waals surface area contributed by atoms with Gasteiger partial charge in [0, 0.05) is 51.7 Å². The van der Waals surface area contributed by atoms with Crippen LogP contribution in [0.2, 0.25) is 0 Å². The van der Waals surface area contributed by atoms with Crippen molar-refractivity contribution in [2.45, 2.75) is 13.0 Å². The molecule has 0 radical (unpaired) electrons. The molecule has 3 heterocycles. The van der Waals surface area contributed by atoms with E-state index in [4.69, 9.17) is 14.5 Å². The average Bonchev–Trinajstić information content (AvgIpc) is 3.15. The monoisotopic (exact) mass is 380 g/mol. The number of nitrogens with zero attached hydrogens (tertiary/aromatic N) is 4. The van der Waals surface area contributed by atoms with Crippen molar-refractivity contribution in [3.8, 4) is 11.5 Å². The van der Waals surface area contributed by atoms with Gasteiger partial charge in [-0.2, -0.15) is 0 Å². The summed E-state index contributed by atoms with van der Waals surface area (Å²) in [6.07, 6.45) is 5.23. The van der Waals surface area contributed by atoms with E-state index in [1.807, 2.05) is 36.4 Å². The van der Waals surface area contributed by atoms with Crippen LogP contribution in [0.5, 0.6) is 11.5 Å². The minimum absolute atomic E-state index is 0.744. The SMILES string of the molecule is COc1ccc(OCCCN2CCN(Cc3cn4ccccc4n3)CC2)cc1. The number of fused-ring (bicyclic) bond motifs is 1. The van der Waals surface area contributed by atoms with E-state index in [9.17, 15) is 0 Å². The Morgan fingerprint density at radius 1 is 0.929 bits per heavy atom. The summed E-state index contributed by atoms with van der Waals surface area (Å²) in [5.74, 6) is 1.76. The first kappa shape index (κ1) is 18.8. The lowest BCUT2D eigenvalue weighted by atomic mass is 10.2. The van der Waals surface area contributed by atoms with Gasteiger partial charge in [0.2, 0.25) is 0 Å². The fourth-order valence-electron chi connectivity index (χ4n) is 3.61. The minimum atomic E-state index is 0.744. The lowest BCUT2D eigenvalue weighted by Gasteiger charge is -2.34. The van der Waals surface area contributed by atoms with Gasteiger partial charge in [-0.1, -0.05) is 6.07 Å². The normalized spacial score (nSPS) is 15.8. The molecule has 1 fully saturated rings. The summed E-state index contributed by atoms with van der Waals surface area (Å²) >= 11 is 0. The molecule has 1 saturated heterocycles. The Bertz CT molecular complexity index is 837. The van der Waals surface area contributed by atoms with Gasteiger partial charge < -0.3 is 18.8 Å². The van der Waals surface area contributed by atoms with Crippen molar-refractivity contribution in [1.29, 1.82) is 0 Å². The molecule has 148 valence electrons. The molecule has 0 amide bonds. The van der Waals surface area contributed by atoms with E-state index in [-0.39, 0.29) is 0 Å². The van der Waals surface area contributed by atoms with Gasteiger partial charge in [-0.25, -0.2) is 4.98 Å². The molecule has 0 bridgehead atoms. The van der Waals surface area contributed by atoms with Gasteiger partial charge in [-0.05, 0) is 42.8 Å². The van der Waals surface area contributed by atoms with E-state index in [0.29, 0.717) is 0 Å². The van der Waals surface area contributed by atoms with Crippen LogP contribution < -0.4 is 9.47 Å². The average molecular weight is 380 g/mol. The molecule has 1 aromatic carbocycles. The number of imidazole rings is 1. The minimum Gasteiger partial charge on any atom is -0.497 e. The van der Waals surface area contributed by atoms with Crippen LogP contribution in [0.3, 0.4) is 0 Å². The lowest BCUT2D eigenvalue weighted by molar-refractivity contribution is 0.120. The molecule has 0 atom stereocenters. The Kier molecular flexibility index (Phi) is 6.09. The third-order valence-electron chi connectivity index (χ3n) is 5.21. The molecule has 6 nitrogen and oxygen atoms in total. The standard InChI is InChI=1S/C22H28N4O2/c1-27-20-6-8-21(9-7-20)28-16-4-10-24-12-14-25(15-13-24)17-19-18-26-11-3-2-5-22(26)23-19/h2-3,5-9,11,18H,4,10,12-17H2,1H3. The zero-order valence-electron chi connectivity index (χ0n) is 16.5. The van der Waals surface area contributed by atoms with Crippen LogP contribution in [-0.4, -0.2) is 65.6 Å². The maximum Gasteiger partial charge on any atom is 0.137 e. The van der Waals surface area contributed by atoms with Crippen molar-refractivity contribution < 1.29 is 9.47 Å². The molecule has 28 heavy (non-hydrogen) atoms. The van der Waals surface area contributed by atoms with E-state index < -0.39 is 0 Å². The number of hydrogen-bond donors (Lipinski definition) is 0. The number of piperazine rings is 1. The fourth-order valence-corrected chi connectivity index (χ4v) is 3.61. The summed E-state index contributed by atoms with van der Waals surface area (Å²) in [6.45, 7) is 7.15. The van der Waals surface area contributed by atoms with Gasteiger partial charge in [0.25, 0.3) is 0 Å². The molecule has 0 N–H and O–H groups in total. The Morgan fingerprint density at radius 3 is 2.43 bits per heavy atom. The Labute approximate surface area is 166 Å². The van der Waals surface area contributed by atoms with E-state index in [1.165, 1.54) is 0 Å².